The highest BCUT2D eigenvalue weighted by Gasteiger charge is 2.26. The fourth-order valence-corrected chi connectivity index (χ4v) is 1.86. The molecule has 2 nitrogen and oxygen atoms in total. The third kappa shape index (κ3) is 3.49. The third-order valence-electron chi connectivity index (χ3n) is 2.74. The second kappa shape index (κ2) is 4.77. The molecule has 2 heteroatoms. The van der Waals surface area contributed by atoms with Gasteiger partial charge in [0.05, 0.1) is 12.2 Å². The minimum Gasteiger partial charge on any atom is -0.393 e. The van der Waals surface area contributed by atoms with Crippen molar-refractivity contribution in [2.75, 3.05) is 0 Å². The van der Waals surface area contributed by atoms with Gasteiger partial charge < -0.3 is 10.2 Å². The number of aliphatic hydroxyl groups is 2. The molecular weight excluding hydrogens is 164 g/mol. The summed E-state index contributed by atoms with van der Waals surface area (Å²) in [6.07, 6.45) is 4.91. The van der Waals surface area contributed by atoms with Crippen LogP contribution in [-0.4, -0.2) is 22.4 Å². The molecule has 13 heavy (non-hydrogen) atoms. The summed E-state index contributed by atoms with van der Waals surface area (Å²) in [5.74, 6) is 0.263. The first-order chi connectivity index (χ1) is 6.09. The monoisotopic (exact) mass is 184 g/mol. The van der Waals surface area contributed by atoms with E-state index >= 15 is 0 Å². The van der Waals surface area contributed by atoms with E-state index in [1.165, 1.54) is 5.57 Å². The Morgan fingerprint density at radius 2 is 2.00 bits per heavy atom. The molecule has 3 unspecified atom stereocenters. The fourth-order valence-electron chi connectivity index (χ4n) is 1.86. The number of rotatable bonds is 2. The molecule has 0 spiro atoms. The second-order valence-corrected chi connectivity index (χ2v) is 4.31. The van der Waals surface area contributed by atoms with E-state index in [1.807, 2.05) is 0 Å². The van der Waals surface area contributed by atoms with Gasteiger partial charge in [-0.15, -0.1) is 0 Å². The van der Waals surface area contributed by atoms with Gasteiger partial charge in [-0.05, 0) is 45.4 Å². The molecule has 0 aromatic heterocycles. The lowest BCUT2D eigenvalue weighted by Crippen LogP contribution is -2.31. The van der Waals surface area contributed by atoms with Gasteiger partial charge in [0.25, 0.3) is 0 Å². The molecule has 0 aliphatic heterocycles. The highest BCUT2D eigenvalue weighted by atomic mass is 16.3. The standard InChI is InChI=1S/C11H20O2/c1-8(2)3-4-9-7-10(12)5-6-11(9)13/h3,9-13H,4-7H2,1-2H3. The Labute approximate surface area is 80.3 Å². The van der Waals surface area contributed by atoms with Crippen molar-refractivity contribution in [1.29, 1.82) is 0 Å². The SMILES string of the molecule is CC(C)=CCC1CC(O)CCC1O. The molecule has 0 aromatic rings. The molecule has 1 aliphatic rings. The van der Waals surface area contributed by atoms with Gasteiger partial charge >= 0.3 is 0 Å². The summed E-state index contributed by atoms with van der Waals surface area (Å²) in [6, 6.07) is 0. The van der Waals surface area contributed by atoms with Crippen LogP contribution < -0.4 is 0 Å². The molecule has 0 saturated heterocycles. The Kier molecular flexibility index (Phi) is 3.94. The highest BCUT2D eigenvalue weighted by Crippen LogP contribution is 2.27. The molecule has 1 aliphatic carbocycles. The highest BCUT2D eigenvalue weighted by molar-refractivity contribution is 4.96. The summed E-state index contributed by atoms with van der Waals surface area (Å²) in [4.78, 5) is 0. The zero-order valence-corrected chi connectivity index (χ0v) is 8.53. The van der Waals surface area contributed by atoms with Crippen molar-refractivity contribution in [2.45, 2.75) is 51.7 Å². The fraction of sp³-hybridized carbons (Fsp3) is 0.818. The van der Waals surface area contributed by atoms with Crippen molar-refractivity contribution in [3.8, 4) is 0 Å². The second-order valence-electron chi connectivity index (χ2n) is 4.31. The van der Waals surface area contributed by atoms with Gasteiger partial charge in [0.2, 0.25) is 0 Å². The Morgan fingerprint density at radius 1 is 1.31 bits per heavy atom. The van der Waals surface area contributed by atoms with Crippen molar-refractivity contribution in [3.63, 3.8) is 0 Å². The van der Waals surface area contributed by atoms with Gasteiger partial charge in [-0.1, -0.05) is 11.6 Å². The van der Waals surface area contributed by atoms with Crippen LogP contribution in [0, 0.1) is 5.92 Å². The van der Waals surface area contributed by atoms with E-state index < -0.39 is 0 Å². The summed E-state index contributed by atoms with van der Waals surface area (Å²) in [5, 5.41) is 19.1. The van der Waals surface area contributed by atoms with E-state index in [0.717, 1.165) is 25.7 Å². The number of allylic oxidation sites excluding steroid dienone is 2. The van der Waals surface area contributed by atoms with Gasteiger partial charge in [0.1, 0.15) is 0 Å². The van der Waals surface area contributed by atoms with Crippen LogP contribution in [0.1, 0.15) is 39.5 Å². The summed E-state index contributed by atoms with van der Waals surface area (Å²) in [7, 11) is 0. The molecule has 1 rings (SSSR count). The zero-order chi connectivity index (χ0) is 9.84. The first-order valence-electron chi connectivity index (χ1n) is 5.09. The van der Waals surface area contributed by atoms with Crippen LogP contribution in [0.3, 0.4) is 0 Å². The number of aliphatic hydroxyl groups excluding tert-OH is 2. The molecule has 1 fully saturated rings. The van der Waals surface area contributed by atoms with Crippen LogP contribution in [0.5, 0.6) is 0 Å². The molecule has 0 heterocycles. The third-order valence-corrected chi connectivity index (χ3v) is 2.74. The molecule has 3 atom stereocenters. The first-order valence-corrected chi connectivity index (χ1v) is 5.09. The smallest absolute Gasteiger partial charge is 0.0573 e. The average Bonchev–Trinajstić information content (AvgIpc) is 2.06. The normalized spacial score (nSPS) is 34.3. The minimum atomic E-state index is -0.209. The topological polar surface area (TPSA) is 40.5 Å². The Balaban J connectivity index is 2.42. The molecule has 1 saturated carbocycles. The predicted octanol–water partition coefficient (Wildman–Crippen LogP) is 1.86. The van der Waals surface area contributed by atoms with E-state index in [-0.39, 0.29) is 18.1 Å². The average molecular weight is 184 g/mol. The van der Waals surface area contributed by atoms with Gasteiger partial charge in [-0.2, -0.15) is 0 Å². The van der Waals surface area contributed by atoms with E-state index in [1.54, 1.807) is 0 Å². The van der Waals surface area contributed by atoms with Crippen LogP contribution >= 0.6 is 0 Å². The van der Waals surface area contributed by atoms with E-state index in [9.17, 15) is 10.2 Å². The maximum atomic E-state index is 9.66. The maximum Gasteiger partial charge on any atom is 0.0573 e. The molecule has 76 valence electrons. The molecule has 0 aromatic carbocycles. The molecule has 0 bridgehead atoms. The van der Waals surface area contributed by atoms with Gasteiger partial charge in [0, 0.05) is 0 Å². The van der Waals surface area contributed by atoms with Crippen LogP contribution in [-0.2, 0) is 0 Å². The summed E-state index contributed by atoms with van der Waals surface area (Å²) in [6.45, 7) is 4.12. The summed E-state index contributed by atoms with van der Waals surface area (Å²) < 4.78 is 0. The van der Waals surface area contributed by atoms with Gasteiger partial charge in [-0.25, -0.2) is 0 Å². The van der Waals surface area contributed by atoms with Crippen LogP contribution in [0.2, 0.25) is 0 Å². The van der Waals surface area contributed by atoms with Crippen LogP contribution in [0.4, 0.5) is 0 Å². The number of hydrogen-bond acceptors (Lipinski definition) is 2. The lowest BCUT2D eigenvalue weighted by molar-refractivity contribution is 0.00816. The van der Waals surface area contributed by atoms with Crippen LogP contribution in [0.15, 0.2) is 11.6 Å². The molecule has 2 N–H and O–H groups in total. The lowest BCUT2D eigenvalue weighted by Gasteiger charge is -2.30. The van der Waals surface area contributed by atoms with Gasteiger partial charge in [-0.3, -0.25) is 0 Å². The van der Waals surface area contributed by atoms with E-state index in [2.05, 4.69) is 19.9 Å². The largest absolute Gasteiger partial charge is 0.393 e. The molecule has 0 radical (unpaired) electrons. The Morgan fingerprint density at radius 3 is 2.62 bits per heavy atom. The predicted molar refractivity (Wildman–Crippen MR) is 53.4 cm³/mol. The Hall–Kier alpha value is -0.340. The van der Waals surface area contributed by atoms with Gasteiger partial charge in [0.15, 0.2) is 0 Å². The minimum absolute atomic E-state index is 0.195. The molecule has 0 amide bonds. The molecular formula is C11H20O2. The van der Waals surface area contributed by atoms with E-state index in [0.29, 0.717) is 0 Å². The maximum absolute atomic E-state index is 9.66. The van der Waals surface area contributed by atoms with Crippen molar-refractivity contribution < 1.29 is 10.2 Å². The van der Waals surface area contributed by atoms with Crippen LogP contribution in [0.25, 0.3) is 0 Å². The van der Waals surface area contributed by atoms with Crippen molar-refractivity contribution in [3.05, 3.63) is 11.6 Å². The van der Waals surface area contributed by atoms with Crippen molar-refractivity contribution >= 4 is 0 Å². The zero-order valence-electron chi connectivity index (χ0n) is 8.53. The van der Waals surface area contributed by atoms with Crippen molar-refractivity contribution in [2.24, 2.45) is 5.92 Å². The Bertz CT molecular complexity index is 183. The van der Waals surface area contributed by atoms with E-state index in [4.69, 9.17) is 0 Å². The quantitative estimate of drug-likeness (QED) is 0.643. The summed E-state index contributed by atoms with van der Waals surface area (Å²) in [5.41, 5.74) is 1.28. The van der Waals surface area contributed by atoms with Crippen molar-refractivity contribution in [1.82, 2.24) is 0 Å². The lowest BCUT2D eigenvalue weighted by atomic mass is 9.82. The number of hydrogen-bond donors (Lipinski definition) is 2. The summed E-state index contributed by atoms with van der Waals surface area (Å²) >= 11 is 0. The first kappa shape index (κ1) is 10.7.